The summed E-state index contributed by atoms with van der Waals surface area (Å²) in [6.07, 6.45) is 10.9. The van der Waals surface area contributed by atoms with E-state index in [9.17, 15) is 0 Å². The minimum atomic E-state index is 0.155. The summed E-state index contributed by atoms with van der Waals surface area (Å²) in [5, 5.41) is 7.55. The van der Waals surface area contributed by atoms with E-state index in [1.54, 1.807) is 6.21 Å². The Labute approximate surface area is 293 Å². The highest BCUT2D eigenvalue weighted by Crippen LogP contribution is 2.34. The van der Waals surface area contributed by atoms with Crippen molar-refractivity contribution in [2.45, 2.75) is 92.2 Å². The van der Waals surface area contributed by atoms with Gasteiger partial charge in [-0.05, 0) is 109 Å². The van der Waals surface area contributed by atoms with Gasteiger partial charge in [0.15, 0.2) is 0 Å². The normalized spacial score (nSPS) is 28.4. The lowest BCUT2D eigenvalue weighted by molar-refractivity contribution is 0.699. The maximum Gasteiger partial charge on any atom is 0.0949 e. The van der Waals surface area contributed by atoms with Gasteiger partial charge in [-0.2, -0.15) is 10.2 Å². The fourth-order valence-electron chi connectivity index (χ4n) is 5.03. The summed E-state index contributed by atoms with van der Waals surface area (Å²) in [6, 6.07) is 0.421. The molecule has 0 saturated heterocycles. The van der Waals surface area contributed by atoms with Crippen molar-refractivity contribution in [2.24, 2.45) is 43.9 Å². The van der Waals surface area contributed by atoms with Crippen LogP contribution in [-0.4, -0.2) is 24.5 Å². The lowest BCUT2D eigenvalue weighted by Crippen LogP contribution is -1.93. The molecule has 6 rings (SSSR count). The highest BCUT2D eigenvalue weighted by atomic mass is 15.2. The van der Waals surface area contributed by atoms with E-state index in [2.05, 4.69) is 127 Å². The SMILES string of the molecule is C=C1C=NC(C)C1=C.C=C1CCC(C)C1=C.C=C1CCC(C)C1=C.C=C1CCC(C)C1=C.C=C1N=CC(C)C1=C.C=C1N=NC(C)C1=C. The number of azo groups is 1. The van der Waals surface area contributed by atoms with Crippen molar-refractivity contribution in [2.75, 3.05) is 0 Å². The van der Waals surface area contributed by atoms with E-state index >= 15 is 0 Å². The molecule has 3 fully saturated rings. The molecular weight excluding hydrogens is 585 g/mol. The maximum absolute atomic E-state index is 4.07. The Bertz CT molecular complexity index is 1290. The Morgan fingerprint density at radius 3 is 1.00 bits per heavy atom. The van der Waals surface area contributed by atoms with Crippen LogP contribution in [0.3, 0.4) is 0 Å². The van der Waals surface area contributed by atoms with Gasteiger partial charge in [-0.25, -0.2) is 0 Å². The minimum absolute atomic E-state index is 0.155. The highest BCUT2D eigenvalue weighted by Gasteiger charge is 2.18. The first-order chi connectivity index (χ1) is 22.3. The Balaban J connectivity index is 0.000000288. The first-order valence-corrected chi connectivity index (χ1v) is 17.0. The van der Waals surface area contributed by atoms with E-state index in [4.69, 9.17) is 0 Å². The molecule has 48 heavy (non-hydrogen) atoms. The first-order valence-electron chi connectivity index (χ1n) is 17.0. The minimum Gasteiger partial charge on any atom is -0.285 e. The molecule has 0 aromatic carbocycles. The lowest BCUT2D eigenvalue weighted by Gasteiger charge is -1.99. The molecule has 0 amide bonds. The van der Waals surface area contributed by atoms with Crippen LogP contribution in [0, 0.1) is 23.7 Å². The van der Waals surface area contributed by atoms with E-state index in [0.29, 0.717) is 23.7 Å². The Hall–Kier alpha value is -4.18. The van der Waals surface area contributed by atoms with Crippen LogP contribution in [-0.2, 0) is 0 Å². The summed E-state index contributed by atoms with van der Waals surface area (Å²) in [6.45, 7) is 58.4. The Morgan fingerprint density at radius 1 is 0.500 bits per heavy atom. The second kappa shape index (κ2) is 19.6. The van der Waals surface area contributed by atoms with Crippen LogP contribution >= 0.6 is 0 Å². The number of aliphatic imine (C=N–C) groups is 2. The van der Waals surface area contributed by atoms with E-state index in [1.165, 1.54) is 72.0 Å². The molecule has 0 radical (unpaired) electrons. The average Bonchev–Trinajstić information content (AvgIpc) is 3.87. The number of hydrogen-bond acceptors (Lipinski definition) is 4. The summed E-state index contributed by atoms with van der Waals surface area (Å²) >= 11 is 0. The van der Waals surface area contributed by atoms with E-state index in [1.807, 2.05) is 20.1 Å². The predicted molar refractivity (Wildman–Crippen MR) is 215 cm³/mol. The van der Waals surface area contributed by atoms with Gasteiger partial charge in [-0.1, -0.05) is 123 Å². The monoisotopic (exact) mass is 646 g/mol. The average molecular weight is 647 g/mol. The van der Waals surface area contributed by atoms with Crippen LogP contribution in [0.4, 0.5) is 0 Å². The van der Waals surface area contributed by atoms with Crippen molar-refractivity contribution in [1.82, 2.24) is 0 Å². The zero-order valence-electron chi connectivity index (χ0n) is 31.1. The molecule has 6 unspecified atom stereocenters. The fraction of sp³-hybridized carbons (Fsp3) is 0.409. The molecule has 0 aromatic heterocycles. The summed E-state index contributed by atoms with van der Waals surface area (Å²) in [7, 11) is 0. The molecule has 258 valence electrons. The molecule has 4 heteroatoms. The van der Waals surface area contributed by atoms with Crippen LogP contribution < -0.4 is 0 Å². The molecular formula is C44H62N4. The van der Waals surface area contributed by atoms with Gasteiger partial charge >= 0.3 is 0 Å². The number of allylic oxidation sites excluding steroid dienone is 7. The molecule has 6 atom stereocenters. The topological polar surface area (TPSA) is 49.4 Å². The van der Waals surface area contributed by atoms with Crippen LogP contribution in [0.1, 0.15) is 80.1 Å². The molecule has 6 aliphatic rings. The van der Waals surface area contributed by atoms with E-state index in [-0.39, 0.29) is 12.1 Å². The Kier molecular flexibility index (Phi) is 17.1. The Morgan fingerprint density at radius 2 is 0.917 bits per heavy atom. The van der Waals surface area contributed by atoms with Gasteiger partial charge < -0.3 is 0 Å². The first kappa shape index (κ1) is 41.8. The summed E-state index contributed by atoms with van der Waals surface area (Å²) in [5.74, 6) is 2.50. The third-order valence-electron chi connectivity index (χ3n) is 9.76. The van der Waals surface area contributed by atoms with Crippen molar-refractivity contribution < 1.29 is 0 Å². The molecule has 4 nitrogen and oxygen atoms in total. The second-order valence-corrected chi connectivity index (χ2v) is 13.6. The van der Waals surface area contributed by atoms with Crippen molar-refractivity contribution >= 4 is 12.4 Å². The van der Waals surface area contributed by atoms with Gasteiger partial charge in [-0.3, -0.25) is 9.98 Å². The summed E-state index contributed by atoms with van der Waals surface area (Å²) in [4.78, 5) is 8.05. The fourth-order valence-corrected chi connectivity index (χ4v) is 5.03. The third kappa shape index (κ3) is 12.8. The zero-order chi connectivity index (χ0) is 36.9. The van der Waals surface area contributed by atoms with Crippen LogP contribution in [0.5, 0.6) is 0 Å². The molecule has 3 aliphatic heterocycles. The second-order valence-electron chi connectivity index (χ2n) is 13.6. The lowest BCUT2D eigenvalue weighted by atomic mass is 10.1. The molecule has 0 spiro atoms. The van der Waals surface area contributed by atoms with Gasteiger partial charge in [-0.15, -0.1) is 0 Å². The standard InChI is InChI=1S/3C8H12.2C7H9N.C6H8N2/c3*1-6-4-5-7(2)8(6)3;2*1-5-4-8-7(3)6(5)2;1-4-5(2)7-8-6(4)3/h3*7H,1,3-5H2,2H3;4-5H,2-3H2,1H3;4,7H,1-2H2,3H3;6H,1-2H2,3H3. The number of nitrogens with zero attached hydrogens (tertiary/aromatic N) is 4. The van der Waals surface area contributed by atoms with Crippen LogP contribution in [0.2, 0.25) is 0 Å². The van der Waals surface area contributed by atoms with Crippen molar-refractivity contribution in [3.05, 3.63) is 146 Å². The van der Waals surface area contributed by atoms with Crippen LogP contribution in [0.25, 0.3) is 0 Å². The van der Waals surface area contributed by atoms with Crippen molar-refractivity contribution in [1.29, 1.82) is 0 Å². The van der Waals surface area contributed by atoms with Crippen LogP contribution in [0.15, 0.2) is 166 Å². The van der Waals surface area contributed by atoms with E-state index < -0.39 is 0 Å². The molecule has 3 heterocycles. The predicted octanol–water partition coefficient (Wildman–Crippen LogP) is 12.8. The van der Waals surface area contributed by atoms with Crippen molar-refractivity contribution in [3.8, 4) is 0 Å². The molecule has 0 aromatic rings. The quantitative estimate of drug-likeness (QED) is 0.251. The van der Waals surface area contributed by atoms with Gasteiger partial charge in [0.25, 0.3) is 0 Å². The van der Waals surface area contributed by atoms with Gasteiger partial charge in [0.05, 0.1) is 23.5 Å². The van der Waals surface area contributed by atoms with Gasteiger partial charge in [0, 0.05) is 18.3 Å². The molecule has 3 aliphatic carbocycles. The maximum atomic E-state index is 4.07. The molecule has 3 saturated carbocycles. The zero-order valence-corrected chi connectivity index (χ0v) is 31.1. The summed E-state index contributed by atoms with van der Waals surface area (Å²) < 4.78 is 0. The third-order valence-corrected chi connectivity index (χ3v) is 9.76. The number of hydrogen-bond donors (Lipinski definition) is 0. The van der Waals surface area contributed by atoms with E-state index in [0.717, 1.165) is 33.7 Å². The number of rotatable bonds is 0. The van der Waals surface area contributed by atoms with Crippen molar-refractivity contribution in [3.63, 3.8) is 0 Å². The molecule has 0 N–H and O–H groups in total. The summed E-state index contributed by atoms with van der Waals surface area (Å²) in [5.41, 5.74) is 13.1. The smallest absolute Gasteiger partial charge is 0.0949 e. The molecule has 0 bridgehead atoms. The van der Waals surface area contributed by atoms with Gasteiger partial charge in [0.1, 0.15) is 0 Å². The highest BCUT2D eigenvalue weighted by molar-refractivity contribution is 5.87. The van der Waals surface area contributed by atoms with Gasteiger partial charge in [0.2, 0.25) is 0 Å². The largest absolute Gasteiger partial charge is 0.285 e.